The van der Waals surface area contributed by atoms with Crippen LogP contribution in [0.5, 0.6) is 0 Å². The van der Waals surface area contributed by atoms with Crippen molar-refractivity contribution in [3.63, 3.8) is 0 Å². The number of aryl methyl sites for hydroxylation is 1. The Labute approximate surface area is 361 Å². The van der Waals surface area contributed by atoms with Gasteiger partial charge in [0, 0.05) is 79.8 Å². The Bertz CT molecular complexity index is 2260. The number of carbonyl (C=O) groups excluding carboxylic acids is 5. The van der Waals surface area contributed by atoms with Gasteiger partial charge in [-0.25, -0.2) is 13.6 Å². The van der Waals surface area contributed by atoms with Crippen LogP contribution < -0.4 is 16.4 Å². The largest absolute Gasteiger partial charge is 0.480 e. The van der Waals surface area contributed by atoms with E-state index in [0.29, 0.717) is 30.8 Å². The van der Waals surface area contributed by atoms with E-state index in [9.17, 15) is 38.3 Å². The molecule has 16 nitrogen and oxygen atoms in total. The van der Waals surface area contributed by atoms with E-state index in [0.717, 1.165) is 52.6 Å². The number of rotatable bonds is 22. The number of thioether (sulfide) groups is 1. The third-order valence-electron chi connectivity index (χ3n) is 9.79. The fourth-order valence-electron chi connectivity index (χ4n) is 6.87. The summed E-state index contributed by atoms with van der Waals surface area (Å²) in [6.07, 6.45) is 4.37. The number of hydrogen-bond acceptors (Lipinski definition) is 11. The molecule has 0 spiro atoms. The summed E-state index contributed by atoms with van der Waals surface area (Å²) in [5.74, 6) is -4.98. The van der Waals surface area contributed by atoms with E-state index in [2.05, 4.69) is 20.8 Å². The molecule has 0 bridgehead atoms. The number of hydrogen-bond donors (Lipinski definition) is 4. The summed E-state index contributed by atoms with van der Waals surface area (Å²) in [4.78, 5) is 81.4. The van der Waals surface area contributed by atoms with Gasteiger partial charge in [-0.05, 0) is 48.2 Å². The topological polar surface area (TPSA) is 223 Å². The number of aromatic nitrogens is 3. The van der Waals surface area contributed by atoms with Crippen LogP contribution in [0.15, 0.2) is 77.5 Å². The van der Waals surface area contributed by atoms with Crippen molar-refractivity contribution in [3.05, 3.63) is 108 Å². The molecule has 0 saturated carbocycles. The van der Waals surface area contributed by atoms with Gasteiger partial charge in [0.05, 0.1) is 11.8 Å². The highest BCUT2D eigenvalue weighted by Gasteiger charge is 2.37. The number of imide groups is 1. The molecule has 4 aromatic rings. The Morgan fingerprint density at radius 2 is 1.73 bits per heavy atom. The van der Waals surface area contributed by atoms with Gasteiger partial charge < -0.3 is 35.5 Å². The van der Waals surface area contributed by atoms with Gasteiger partial charge in [-0.3, -0.25) is 28.9 Å². The van der Waals surface area contributed by atoms with Gasteiger partial charge >= 0.3 is 5.97 Å². The SMILES string of the molecule is CC(C)(C)[C@H](c1cc(-c2cc(F)ccc2F)cn1Cc1ccccc1)N(CCCN)C(=O)CSC[C@H](NC(=O)CCc1noc(CCNC(=O)CN2C(=O)C=CC2=O)n1)C(=O)O. The normalized spacial score (nSPS) is 13.6. The maximum atomic E-state index is 15.1. The zero-order chi connectivity index (χ0) is 45.0. The lowest BCUT2D eigenvalue weighted by atomic mass is 9.83. The minimum absolute atomic E-state index is 0.0235. The Morgan fingerprint density at radius 3 is 2.40 bits per heavy atom. The molecule has 1 aliphatic rings. The molecule has 62 heavy (non-hydrogen) atoms. The number of aliphatic carboxylic acids is 1. The predicted octanol–water partition coefficient (Wildman–Crippen LogP) is 3.65. The molecule has 3 heterocycles. The molecule has 0 unspecified atom stereocenters. The average Bonchev–Trinajstić information content (AvgIpc) is 3.94. The molecule has 5 N–H and O–H groups in total. The van der Waals surface area contributed by atoms with Crippen LogP contribution in [-0.2, 0) is 48.2 Å². The standard InChI is InChI=1S/C43H50F2N8O8S/c1-43(2,3)41(33-20-28(30-21-29(44)10-11-31(30)45)23-51(33)22-27-8-5-4-6-9-27)52(19-7-17-46)40(58)26-62-25-32(42(59)60)48-35(54)13-12-34-49-37(61-50-34)16-18-47-36(55)24-53-38(56)14-15-39(53)57/h4-6,8-11,14-15,20-21,23,32,41H,7,12-13,16-19,22,24-26,46H2,1-3H3,(H,47,55)(H,48,54)(H,59,60)/t32-,41-/m0/s1. The lowest BCUT2D eigenvalue weighted by Crippen LogP contribution is -2.45. The van der Waals surface area contributed by atoms with Gasteiger partial charge in [-0.15, -0.1) is 11.8 Å². The first-order valence-corrected chi connectivity index (χ1v) is 21.1. The van der Waals surface area contributed by atoms with Crippen molar-refractivity contribution in [2.24, 2.45) is 11.1 Å². The number of carboxylic acid groups (broad SMARTS) is 1. The van der Waals surface area contributed by atoms with Gasteiger partial charge in [0.1, 0.15) is 24.2 Å². The summed E-state index contributed by atoms with van der Waals surface area (Å²) < 4.78 is 36.6. The molecular formula is C43H50F2N8O8S. The number of nitrogens with two attached hydrogens (primary N) is 1. The molecule has 5 amide bonds. The summed E-state index contributed by atoms with van der Waals surface area (Å²) in [5, 5.41) is 18.8. The Kier molecular flexibility index (Phi) is 16.3. The summed E-state index contributed by atoms with van der Waals surface area (Å²) in [6, 6.07) is 12.7. The van der Waals surface area contributed by atoms with Crippen LogP contribution in [0.4, 0.5) is 8.78 Å². The van der Waals surface area contributed by atoms with Crippen LogP contribution in [0.2, 0.25) is 0 Å². The second kappa shape index (κ2) is 21.5. The monoisotopic (exact) mass is 876 g/mol. The van der Waals surface area contributed by atoms with E-state index in [1.807, 2.05) is 55.7 Å². The lowest BCUT2D eigenvalue weighted by molar-refractivity contribution is -0.141. The molecule has 0 saturated heterocycles. The van der Waals surface area contributed by atoms with Crippen LogP contribution >= 0.6 is 11.8 Å². The van der Waals surface area contributed by atoms with Crippen molar-refractivity contribution in [1.29, 1.82) is 0 Å². The third-order valence-corrected chi connectivity index (χ3v) is 10.8. The number of benzene rings is 2. The first-order chi connectivity index (χ1) is 29.5. The summed E-state index contributed by atoms with van der Waals surface area (Å²) >= 11 is 1.05. The van der Waals surface area contributed by atoms with E-state index >= 15 is 4.39 Å². The maximum Gasteiger partial charge on any atom is 0.327 e. The second-order valence-corrected chi connectivity index (χ2v) is 16.7. The summed E-state index contributed by atoms with van der Waals surface area (Å²) in [5.41, 5.74) is 7.51. The third kappa shape index (κ3) is 12.9. The van der Waals surface area contributed by atoms with E-state index in [4.69, 9.17) is 10.3 Å². The van der Waals surface area contributed by atoms with Crippen LogP contribution in [0, 0.1) is 17.0 Å². The summed E-state index contributed by atoms with van der Waals surface area (Å²) in [7, 11) is 0. The summed E-state index contributed by atoms with van der Waals surface area (Å²) in [6.45, 7) is 6.53. The molecular weight excluding hydrogens is 827 g/mol. The van der Waals surface area contributed by atoms with Crippen molar-refractivity contribution in [2.45, 2.75) is 65.1 Å². The van der Waals surface area contributed by atoms with E-state index in [1.165, 1.54) is 0 Å². The molecule has 330 valence electrons. The number of amides is 5. The number of carboxylic acids is 1. The first-order valence-electron chi connectivity index (χ1n) is 19.9. The molecule has 0 aliphatic carbocycles. The van der Waals surface area contributed by atoms with Crippen molar-refractivity contribution in [1.82, 2.24) is 35.1 Å². The Balaban J connectivity index is 1.20. The predicted molar refractivity (Wildman–Crippen MR) is 225 cm³/mol. The molecule has 5 rings (SSSR count). The Morgan fingerprint density at radius 1 is 1.00 bits per heavy atom. The molecule has 19 heteroatoms. The van der Waals surface area contributed by atoms with Crippen molar-refractivity contribution < 1.29 is 47.2 Å². The van der Waals surface area contributed by atoms with Crippen LogP contribution in [0.1, 0.15) is 62.6 Å². The zero-order valence-electron chi connectivity index (χ0n) is 34.6. The lowest BCUT2D eigenvalue weighted by Gasteiger charge is -2.41. The highest BCUT2D eigenvalue weighted by molar-refractivity contribution is 8.00. The molecule has 2 atom stereocenters. The molecule has 2 aromatic carbocycles. The number of halogens is 2. The van der Waals surface area contributed by atoms with E-state index in [1.54, 1.807) is 17.2 Å². The quantitative estimate of drug-likeness (QED) is 0.0832. The minimum atomic E-state index is -1.32. The van der Waals surface area contributed by atoms with Crippen LogP contribution in [0.25, 0.3) is 11.1 Å². The van der Waals surface area contributed by atoms with Crippen molar-refractivity contribution in [3.8, 4) is 11.1 Å². The van der Waals surface area contributed by atoms with E-state index < -0.39 is 65.3 Å². The van der Waals surface area contributed by atoms with E-state index in [-0.39, 0.29) is 67.0 Å². The van der Waals surface area contributed by atoms with Gasteiger partial charge in [0.2, 0.25) is 23.6 Å². The molecule has 0 radical (unpaired) electrons. The highest BCUT2D eigenvalue weighted by Crippen LogP contribution is 2.41. The Hall–Kier alpha value is -6.21. The minimum Gasteiger partial charge on any atom is -0.480 e. The van der Waals surface area contributed by atoms with Crippen LogP contribution in [0.3, 0.4) is 0 Å². The number of carbonyl (C=O) groups is 6. The molecule has 2 aromatic heterocycles. The second-order valence-electron chi connectivity index (χ2n) is 15.7. The fourth-order valence-corrected chi connectivity index (χ4v) is 7.79. The fraction of sp³-hybridized carbons (Fsp3) is 0.395. The van der Waals surface area contributed by atoms with Gasteiger partial charge in [-0.1, -0.05) is 56.3 Å². The maximum absolute atomic E-state index is 15.1. The highest BCUT2D eigenvalue weighted by atomic mass is 32.2. The van der Waals surface area contributed by atoms with Crippen molar-refractivity contribution in [2.75, 3.05) is 37.7 Å². The number of nitrogens with zero attached hydrogens (tertiary/aromatic N) is 5. The smallest absolute Gasteiger partial charge is 0.327 e. The van der Waals surface area contributed by atoms with Gasteiger partial charge in [0.15, 0.2) is 5.82 Å². The molecule has 1 aliphatic heterocycles. The van der Waals surface area contributed by atoms with Gasteiger partial charge in [-0.2, -0.15) is 4.98 Å². The first kappa shape index (κ1) is 46.8. The average molecular weight is 877 g/mol. The zero-order valence-corrected chi connectivity index (χ0v) is 35.5. The van der Waals surface area contributed by atoms with Gasteiger partial charge in [0.25, 0.3) is 11.8 Å². The molecule has 0 fully saturated rings. The van der Waals surface area contributed by atoms with Crippen LogP contribution in [-0.4, -0.2) is 109 Å². The number of nitrogens with one attached hydrogen (secondary N) is 2. The van der Waals surface area contributed by atoms with Crippen molar-refractivity contribution >= 4 is 47.3 Å².